The van der Waals surface area contributed by atoms with Crippen molar-refractivity contribution in [1.29, 1.82) is 0 Å². The fraction of sp³-hybridized carbons (Fsp3) is 0.250. The lowest BCUT2D eigenvalue weighted by atomic mass is 10.0. The van der Waals surface area contributed by atoms with Crippen LogP contribution in [0.2, 0.25) is 5.02 Å². The second-order valence-electron chi connectivity index (χ2n) is 5.44. The van der Waals surface area contributed by atoms with Gasteiger partial charge in [0.1, 0.15) is 12.4 Å². The van der Waals surface area contributed by atoms with E-state index in [0.29, 0.717) is 17.6 Å². The second kappa shape index (κ2) is 7.02. The van der Waals surface area contributed by atoms with Gasteiger partial charge in [-0.05, 0) is 36.2 Å². The van der Waals surface area contributed by atoms with Gasteiger partial charge in [-0.3, -0.25) is 4.79 Å². The molecule has 130 valence electrons. The van der Waals surface area contributed by atoms with Crippen LogP contribution in [0.15, 0.2) is 41.3 Å². The normalized spacial score (nSPS) is 12.3. The van der Waals surface area contributed by atoms with Gasteiger partial charge in [-0.15, -0.1) is 5.10 Å². The van der Waals surface area contributed by atoms with Crippen molar-refractivity contribution in [2.45, 2.75) is 25.9 Å². The van der Waals surface area contributed by atoms with E-state index in [9.17, 15) is 14.0 Å². The molecule has 1 atom stereocenters. The first-order chi connectivity index (χ1) is 12.0. The lowest BCUT2D eigenvalue weighted by Gasteiger charge is -2.17. The largest absolute Gasteiger partial charge is 0.367 e. The monoisotopic (exact) mass is 363 g/mol. The molecule has 0 radical (unpaired) electrons. The minimum atomic E-state index is -0.547. The SMILES string of the molecule is CC[C@H](NC(=O)Cn1nc2cccnn2c1=O)c1ccc(Cl)c(F)c1. The lowest BCUT2D eigenvalue weighted by molar-refractivity contribution is -0.122. The van der Waals surface area contributed by atoms with Crippen LogP contribution in [0.25, 0.3) is 5.65 Å². The fourth-order valence-corrected chi connectivity index (χ4v) is 2.61. The Labute approximate surface area is 147 Å². The van der Waals surface area contributed by atoms with Crippen LogP contribution in [0.5, 0.6) is 0 Å². The van der Waals surface area contributed by atoms with Gasteiger partial charge in [0.05, 0.1) is 11.1 Å². The average Bonchev–Trinajstić information content (AvgIpc) is 2.91. The number of hydrogen-bond acceptors (Lipinski definition) is 4. The Balaban J connectivity index is 1.76. The van der Waals surface area contributed by atoms with Gasteiger partial charge in [0, 0.05) is 6.20 Å². The van der Waals surface area contributed by atoms with Crippen LogP contribution in [0.4, 0.5) is 4.39 Å². The van der Waals surface area contributed by atoms with E-state index in [-0.39, 0.29) is 11.6 Å². The number of hydrogen-bond donors (Lipinski definition) is 1. The summed E-state index contributed by atoms with van der Waals surface area (Å²) in [6.45, 7) is 1.60. The van der Waals surface area contributed by atoms with E-state index in [1.807, 2.05) is 6.92 Å². The number of aromatic nitrogens is 4. The van der Waals surface area contributed by atoms with Crippen LogP contribution in [-0.4, -0.2) is 25.3 Å². The first kappa shape index (κ1) is 17.1. The van der Waals surface area contributed by atoms with Gasteiger partial charge in [0.2, 0.25) is 5.91 Å². The maximum absolute atomic E-state index is 13.6. The zero-order valence-corrected chi connectivity index (χ0v) is 14.1. The number of benzene rings is 1. The lowest BCUT2D eigenvalue weighted by Crippen LogP contribution is -2.35. The molecule has 0 saturated carbocycles. The Morgan fingerprint density at radius 1 is 1.40 bits per heavy atom. The number of carbonyl (C=O) groups is 1. The second-order valence-corrected chi connectivity index (χ2v) is 5.84. The van der Waals surface area contributed by atoms with Crippen LogP contribution < -0.4 is 11.0 Å². The molecule has 1 aromatic carbocycles. The van der Waals surface area contributed by atoms with Crippen molar-refractivity contribution in [3.8, 4) is 0 Å². The molecule has 0 bridgehead atoms. The molecule has 2 aromatic heterocycles. The quantitative estimate of drug-likeness (QED) is 0.751. The van der Waals surface area contributed by atoms with Gasteiger partial charge >= 0.3 is 5.69 Å². The Bertz CT molecular complexity index is 984. The third kappa shape index (κ3) is 3.53. The molecule has 1 amide bonds. The predicted octanol–water partition coefficient (Wildman–Crippen LogP) is 1.95. The van der Waals surface area contributed by atoms with Gasteiger partial charge < -0.3 is 5.32 Å². The molecule has 25 heavy (non-hydrogen) atoms. The van der Waals surface area contributed by atoms with Gasteiger partial charge in [0.15, 0.2) is 5.65 Å². The molecule has 1 N–H and O–H groups in total. The maximum atomic E-state index is 13.6. The number of nitrogens with zero attached hydrogens (tertiary/aromatic N) is 4. The van der Waals surface area contributed by atoms with Crippen molar-refractivity contribution in [1.82, 2.24) is 24.7 Å². The third-order valence-corrected chi connectivity index (χ3v) is 4.05. The Kier molecular flexibility index (Phi) is 4.80. The molecular weight excluding hydrogens is 349 g/mol. The summed E-state index contributed by atoms with van der Waals surface area (Å²) in [6, 6.07) is 7.26. The molecule has 0 aliphatic carbocycles. The van der Waals surface area contributed by atoms with Crippen LogP contribution in [0.1, 0.15) is 24.9 Å². The van der Waals surface area contributed by atoms with Crippen LogP contribution >= 0.6 is 11.6 Å². The van der Waals surface area contributed by atoms with Crippen molar-refractivity contribution in [3.63, 3.8) is 0 Å². The minimum Gasteiger partial charge on any atom is -0.348 e. The minimum absolute atomic E-state index is 0.0219. The van der Waals surface area contributed by atoms with Crippen molar-refractivity contribution in [3.05, 3.63) is 63.4 Å². The summed E-state index contributed by atoms with van der Waals surface area (Å²) in [5, 5.41) is 10.7. The standard InChI is InChI=1S/C16H15ClFN5O2/c1-2-13(10-5-6-11(17)12(18)8-10)20-15(24)9-22-16(25)23-14(21-22)4-3-7-19-23/h3-8,13H,2,9H2,1H3,(H,20,24)/t13-/m0/s1. The molecule has 0 aliphatic heterocycles. The number of amides is 1. The van der Waals surface area contributed by atoms with Crippen LogP contribution in [0.3, 0.4) is 0 Å². The predicted molar refractivity (Wildman–Crippen MR) is 89.8 cm³/mol. The maximum Gasteiger partial charge on any atom is 0.367 e. The van der Waals surface area contributed by atoms with E-state index in [1.54, 1.807) is 18.2 Å². The number of carbonyl (C=O) groups excluding carboxylic acids is 1. The summed E-state index contributed by atoms with van der Waals surface area (Å²) < 4.78 is 15.8. The molecular formula is C16H15ClFN5O2. The molecule has 0 saturated heterocycles. The highest BCUT2D eigenvalue weighted by atomic mass is 35.5. The summed E-state index contributed by atoms with van der Waals surface area (Å²) >= 11 is 5.68. The summed E-state index contributed by atoms with van der Waals surface area (Å²) in [5.41, 5.74) is 0.449. The summed E-state index contributed by atoms with van der Waals surface area (Å²) in [4.78, 5) is 24.4. The number of rotatable bonds is 5. The van der Waals surface area contributed by atoms with Gasteiger partial charge in [-0.2, -0.15) is 9.61 Å². The van der Waals surface area contributed by atoms with Crippen molar-refractivity contribution >= 4 is 23.2 Å². The Hall–Kier alpha value is -2.74. The molecule has 2 heterocycles. The highest BCUT2D eigenvalue weighted by Gasteiger charge is 2.17. The molecule has 3 aromatic rings. The van der Waals surface area contributed by atoms with Crippen molar-refractivity contribution in [2.24, 2.45) is 0 Å². The summed E-state index contributed by atoms with van der Waals surface area (Å²) in [7, 11) is 0. The Morgan fingerprint density at radius 2 is 2.20 bits per heavy atom. The number of halogens is 2. The fourth-order valence-electron chi connectivity index (χ4n) is 2.49. The van der Waals surface area contributed by atoms with Crippen molar-refractivity contribution < 1.29 is 9.18 Å². The average molecular weight is 364 g/mol. The first-order valence-electron chi connectivity index (χ1n) is 7.64. The van der Waals surface area contributed by atoms with E-state index in [4.69, 9.17) is 11.6 Å². The molecule has 0 spiro atoms. The zero-order valence-electron chi connectivity index (χ0n) is 13.3. The molecule has 9 heteroatoms. The molecule has 3 rings (SSSR count). The molecule has 0 fully saturated rings. The number of fused-ring (bicyclic) bond motifs is 1. The summed E-state index contributed by atoms with van der Waals surface area (Å²) in [6.07, 6.45) is 2.01. The number of nitrogens with one attached hydrogen (secondary N) is 1. The van der Waals surface area contributed by atoms with Crippen molar-refractivity contribution in [2.75, 3.05) is 0 Å². The zero-order chi connectivity index (χ0) is 18.0. The third-order valence-electron chi connectivity index (χ3n) is 3.74. The van der Waals surface area contributed by atoms with Gasteiger partial charge in [-0.1, -0.05) is 24.6 Å². The molecule has 0 aliphatic rings. The van der Waals surface area contributed by atoms with E-state index in [0.717, 1.165) is 9.20 Å². The topological polar surface area (TPSA) is 81.3 Å². The van der Waals surface area contributed by atoms with E-state index in [2.05, 4.69) is 15.5 Å². The molecule has 0 unspecified atom stereocenters. The smallest absolute Gasteiger partial charge is 0.348 e. The molecule has 7 nitrogen and oxygen atoms in total. The van der Waals surface area contributed by atoms with E-state index in [1.165, 1.54) is 18.3 Å². The summed E-state index contributed by atoms with van der Waals surface area (Å²) in [5.74, 6) is -0.956. The Morgan fingerprint density at radius 3 is 2.88 bits per heavy atom. The van der Waals surface area contributed by atoms with E-state index >= 15 is 0 Å². The first-order valence-corrected chi connectivity index (χ1v) is 8.02. The van der Waals surface area contributed by atoms with Crippen LogP contribution in [-0.2, 0) is 11.3 Å². The van der Waals surface area contributed by atoms with Gasteiger partial charge in [-0.25, -0.2) is 13.9 Å². The van der Waals surface area contributed by atoms with Gasteiger partial charge in [0.25, 0.3) is 0 Å². The highest BCUT2D eigenvalue weighted by Crippen LogP contribution is 2.22. The highest BCUT2D eigenvalue weighted by molar-refractivity contribution is 6.30. The van der Waals surface area contributed by atoms with Crippen LogP contribution in [0, 0.1) is 5.82 Å². The van der Waals surface area contributed by atoms with E-state index < -0.39 is 23.5 Å².